The number of likely N-dealkylation sites (N-methyl/N-ethyl adjacent to an activating group) is 1. The van der Waals surface area contributed by atoms with Gasteiger partial charge in [-0.3, -0.25) is 14.5 Å². The van der Waals surface area contributed by atoms with E-state index >= 15 is 0 Å². The van der Waals surface area contributed by atoms with Crippen molar-refractivity contribution < 1.29 is 14.0 Å². The van der Waals surface area contributed by atoms with Crippen LogP contribution in [0.4, 0.5) is 4.39 Å². The standard InChI is InChI=1S/C21H24FN3O2.ClH/c1-23-21(27)19(16-6-3-2-4-7-16)25-13-5-8-18(25)20(26)24-14-15-9-11-17(22)12-10-15;/h2-4,6-7,9-12,18-19H,5,8,13-14H2,1H3,(H,23,27)(H,24,26);1H/t18-,19+;/m0./s1. The molecule has 1 aliphatic rings. The molecule has 7 heteroatoms. The van der Waals surface area contributed by atoms with E-state index in [2.05, 4.69) is 10.6 Å². The van der Waals surface area contributed by atoms with Crippen molar-refractivity contribution in [1.29, 1.82) is 0 Å². The van der Waals surface area contributed by atoms with Gasteiger partial charge in [0.15, 0.2) is 0 Å². The topological polar surface area (TPSA) is 61.4 Å². The Bertz CT molecular complexity index is 786. The van der Waals surface area contributed by atoms with Gasteiger partial charge in [0.2, 0.25) is 11.8 Å². The highest BCUT2D eigenvalue weighted by Gasteiger charge is 2.38. The van der Waals surface area contributed by atoms with Crippen molar-refractivity contribution in [3.63, 3.8) is 0 Å². The molecule has 1 heterocycles. The first-order valence-corrected chi connectivity index (χ1v) is 9.14. The second kappa shape index (κ2) is 10.2. The van der Waals surface area contributed by atoms with E-state index in [9.17, 15) is 14.0 Å². The molecule has 0 aliphatic carbocycles. The lowest BCUT2D eigenvalue weighted by molar-refractivity contribution is -0.131. The molecular weight excluding hydrogens is 381 g/mol. The molecule has 0 bridgehead atoms. The van der Waals surface area contributed by atoms with Crippen LogP contribution < -0.4 is 10.6 Å². The molecule has 3 rings (SSSR count). The number of likely N-dealkylation sites (tertiary alicyclic amines) is 1. The fourth-order valence-electron chi connectivity index (χ4n) is 3.55. The molecule has 0 aromatic heterocycles. The third kappa shape index (κ3) is 5.09. The quantitative estimate of drug-likeness (QED) is 0.776. The zero-order valence-electron chi connectivity index (χ0n) is 15.7. The number of halogens is 2. The zero-order chi connectivity index (χ0) is 19.2. The van der Waals surface area contributed by atoms with Crippen molar-refractivity contribution in [3.05, 3.63) is 71.5 Å². The zero-order valence-corrected chi connectivity index (χ0v) is 16.5. The molecule has 1 saturated heterocycles. The van der Waals surface area contributed by atoms with Gasteiger partial charge in [-0.05, 0) is 36.1 Å². The Morgan fingerprint density at radius 3 is 2.46 bits per heavy atom. The largest absolute Gasteiger partial charge is 0.358 e. The molecule has 150 valence electrons. The summed E-state index contributed by atoms with van der Waals surface area (Å²) in [6, 6.07) is 14.7. The molecular formula is C21H25ClFN3O2. The first kappa shape index (κ1) is 21.9. The predicted molar refractivity (Wildman–Crippen MR) is 108 cm³/mol. The molecule has 0 spiro atoms. The minimum absolute atomic E-state index is 0. The van der Waals surface area contributed by atoms with Crippen LogP contribution in [0, 0.1) is 5.82 Å². The second-order valence-corrected chi connectivity index (χ2v) is 6.67. The molecule has 2 aromatic carbocycles. The van der Waals surface area contributed by atoms with Crippen molar-refractivity contribution in [1.82, 2.24) is 15.5 Å². The van der Waals surface area contributed by atoms with E-state index in [1.807, 2.05) is 35.2 Å². The summed E-state index contributed by atoms with van der Waals surface area (Å²) < 4.78 is 13.0. The minimum atomic E-state index is -0.500. The average molecular weight is 406 g/mol. The highest BCUT2D eigenvalue weighted by molar-refractivity contribution is 5.86. The molecule has 0 unspecified atom stereocenters. The maximum Gasteiger partial charge on any atom is 0.241 e. The van der Waals surface area contributed by atoms with Crippen molar-refractivity contribution in [3.8, 4) is 0 Å². The summed E-state index contributed by atoms with van der Waals surface area (Å²) in [7, 11) is 1.61. The van der Waals surface area contributed by atoms with Gasteiger partial charge in [0.05, 0.1) is 6.04 Å². The lowest BCUT2D eigenvalue weighted by Crippen LogP contribution is -2.48. The Morgan fingerprint density at radius 1 is 1.14 bits per heavy atom. The van der Waals surface area contributed by atoms with Crippen LogP contribution in [0.15, 0.2) is 54.6 Å². The molecule has 1 fully saturated rings. The van der Waals surface area contributed by atoms with Crippen LogP contribution in [0.2, 0.25) is 0 Å². The van der Waals surface area contributed by atoms with Crippen molar-refractivity contribution in [2.45, 2.75) is 31.5 Å². The first-order valence-electron chi connectivity index (χ1n) is 9.14. The van der Waals surface area contributed by atoms with Crippen LogP contribution in [0.25, 0.3) is 0 Å². The number of nitrogens with zero attached hydrogens (tertiary/aromatic N) is 1. The number of nitrogens with one attached hydrogen (secondary N) is 2. The molecule has 28 heavy (non-hydrogen) atoms. The number of hydrogen-bond donors (Lipinski definition) is 2. The van der Waals surface area contributed by atoms with E-state index in [0.717, 1.165) is 17.5 Å². The van der Waals surface area contributed by atoms with Gasteiger partial charge in [-0.15, -0.1) is 12.4 Å². The highest BCUT2D eigenvalue weighted by Crippen LogP contribution is 2.30. The number of benzene rings is 2. The monoisotopic (exact) mass is 405 g/mol. The fourth-order valence-corrected chi connectivity index (χ4v) is 3.55. The van der Waals surface area contributed by atoms with E-state index in [1.165, 1.54) is 12.1 Å². The van der Waals surface area contributed by atoms with Crippen molar-refractivity contribution >= 4 is 24.2 Å². The number of amides is 2. The van der Waals surface area contributed by atoms with Crippen LogP contribution in [-0.4, -0.2) is 36.3 Å². The smallest absolute Gasteiger partial charge is 0.241 e. The number of rotatable bonds is 6. The summed E-state index contributed by atoms with van der Waals surface area (Å²) in [5.41, 5.74) is 1.70. The fraction of sp³-hybridized carbons (Fsp3) is 0.333. The Hall–Kier alpha value is -2.44. The average Bonchev–Trinajstić information content (AvgIpc) is 3.17. The third-order valence-electron chi connectivity index (χ3n) is 4.92. The Kier molecular flexibility index (Phi) is 7.96. The van der Waals surface area contributed by atoms with E-state index < -0.39 is 6.04 Å². The summed E-state index contributed by atoms with van der Waals surface area (Å²) >= 11 is 0. The Balaban J connectivity index is 0.00000280. The second-order valence-electron chi connectivity index (χ2n) is 6.67. The summed E-state index contributed by atoms with van der Waals surface area (Å²) in [6.45, 7) is 1.01. The van der Waals surface area contributed by atoms with Gasteiger partial charge in [0.25, 0.3) is 0 Å². The van der Waals surface area contributed by atoms with Crippen molar-refractivity contribution in [2.75, 3.05) is 13.6 Å². The van der Waals surface area contributed by atoms with Gasteiger partial charge in [0, 0.05) is 20.1 Å². The van der Waals surface area contributed by atoms with Gasteiger partial charge < -0.3 is 10.6 Å². The van der Waals surface area contributed by atoms with Crippen LogP contribution >= 0.6 is 12.4 Å². The molecule has 2 N–H and O–H groups in total. The van der Waals surface area contributed by atoms with Crippen molar-refractivity contribution in [2.24, 2.45) is 0 Å². The van der Waals surface area contributed by atoms with Gasteiger partial charge in [0.1, 0.15) is 11.9 Å². The lowest BCUT2D eigenvalue weighted by atomic mass is 10.0. The Morgan fingerprint density at radius 2 is 1.82 bits per heavy atom. The van der Waals surface area contributed by atoms with Gasteiger partial charge >= 0.3 is 0 Å². The van der Waals surface area contributed by atoms with Gasteiger partial charge in [-0.1, -0.05) is 42.5 Å². The Labute approximate surface area is 170 Å². The van der Waals surface area contributed by atoms with Crippen LogP contribution in [0.5, 0.6) is 0 Å². The number of hydrogen-bond acceptors (Lipinski definition) is 3. The van der Waals surface area contributed by atoms with Gasteiger partial charge in [-0.25, -0.2) is 4.39 Å². The van der Waals surface area contributed by atoms with E-state index in [1.54, 1.807) is 19.2 Å². The predicted octanol–water partition coefficient (Wildman–Crippen LogP) is 2.82. The molecule has 2 aromatic rings. The maximum absolute atomic E-state index is 13.0. The normalized spacial score (nSPS) is 17.4. The molecule has 1 aliphatic heterocycles. The SMILES string of the molecule is CNC(=O)[C@@H](c1ccccc1)N1CCC[C@H]1C(=O)NCc1ccc(F)cc1.Cl. The van der Waals surface area contributed by atoms with E-state index in [0.29, 0.717) is 19.5 Å². The molecule has 5 nitrogen and oxygen atoms in total. The van der Waals surface area contributed by atoms with E-state index in [-0.39, 0.29) is 36.1 Å². The van der Waals surface area contributed by atoms with E-state index in [4.69, 9.17) is 0 Å². The number of carbonyl (C=O) groups is 2. The maximum atomic E-state index is 13.0. The molecule has 0 radical (unpaired) electrons. The summed E-state index contributed by atoms with van der Waals surface area (Å²) in [5.74, 6) is -0.538. The highest BCUT2D eigenvalue weighted by atomic mass is 35.5. The molecule has 2 amide bonds. The summed E-state index contributed by atoms with van der Waals surface area (Å²) in [4.78, 5) is 27.3. The summed E-state index contributed by atoms with van der Waals surface area (Å²) in [5, 5.41) is 5.63. The molecule has 0 saturated carbocycles. The van der Waals surface area contributed by atoms with Gasteiger partial charge in [-0.2, -0.15) is 0 Å². The minimum Gasteiger partial charge on any atom is -0.358 e. The molecule has 2 atom stereocenters. The lowest BCUT2D eigenvalue weighted by Gasteiger charge is -2.31. The first-order chi connectivity index (χ1) is 13.1. The van der Waals surface area contributed by atoms with Crippen LogP contribution in [0.1, 0.15) is 30.0 Å². The third-order valence-corrected chi connectivity index (χ3v) is 4.92. The summed E-state index contributed by atoms with van der Waals surface area (Å²) in [6.07, 6.45) is 1.56. The van der Waals surface area contributed by atoms with Crippen LogP contribution in [0.3, 0.4) is 0 Å². The van der Waals surface area contributed by atoms with Crippen LogP contribution in [-0.2, 0) is 16.1 Å². The number of carbonyl (C=O) groups excluding carboxylic acids is 2.